The molecule has 0 unspecified atom stereocenters. The number of fused-ring (bicyclic) bond motifs is 1. The van der Waals surface area contributed by atoms with Crippen molar-refractivity contribution in [1.82, 2.24) is 0 Å². The largest absolute Gasteiger partial charge is 0.310 e. The molecule has 1 nitrogen and oxygen atoms in total. The summed E-state index contributed by atoms with van der Waals surface area (Å²) in [5, 5.41) is 0. The monoisotopic (exact) mass is 511 g/mol. The Hall–Kier alpha value is -1.58. The SMILES string of the molecule is CC1(C)CCC(C)(C)c2cc(N(c3ccc(Br)cc3)c3ccc(Br)cc3)ccc21. The Labute approximate surface area is 191 Å². The highest BCUT2D eigenvalue weighted by Crippen LogP contribution is 2.48. The maximum absolute atomic E-state index is 3.57. The Morgan fingerprint density at radius 3 is 1.48 bits per heavy atom. The van der Waals surface area contributed by atoms with Gasteiger partial charge in [-0.3, -0.25) is 0 Å². The highest BCUT2D eigenvalue weighted by Gasteiger charge is 2.37. The second-order valence-corrected chi connectivity index (χ2v) is 11.1. The summed E-state index contributed by atoms with van der Waals surface area (Å²) < 4.78 is 2.18. The molecule has 0 radical (unpaired) electrons. The van der Waals surface area contributed by atoms with E-state index in [-0.39, 0.29) is 10.8 Å². The lowest BCUT2D eigenvalue weighted by Crippen LogP contribution is -2.34. The first kappa shape index (κ1) is 20.7. The van der Waals surface area contributed by atoms with E-state index in [9.17, 15) is 0 Å². The first-order valence-corrected chi connectivity index (χ1v) is 11.7. The second-order valence-electron chi connectivity index (χ2n) is 9.29. The van der Waals surface area contributed by atoms with Gasteiger partial charge in [-0.15, -0.1) is 0 Å². The Balaban J connectivity index is 1.89. The highest BCUT2D eigenvalue weighted by molar-refractivity contribution is 9.10. The van der Waals surface area contributed by atoms with Crippen LogP contribution in [0.3, 0.4) is 0 Å². The van der Waals surface area contributed by atoms with Crippen LogP contribution in [-0.4, -0.2) is 0 Å². The number of hydrogen-bond acceptors (Lipinski definition) is 1. The van der Waals surface area contributed by atoms with Crippen molar-refractivity contribution >= 4 is 48.9 Å². The molecule has 3 aromatic carbocycles. The molecular formula is C26H27Br2N. The minimum absolute atomic E-state index is 0.186. The van der Waals surface area contributed by atoms with E-state index in [4.69, 9.17) is 0 Å². The van der Waals surface area contributed by atoms with E-state index < -0.39 is 0 Å². The Bertz CT molecular complexity index is 972. The summed E-state index contributed by atoms with van der Waals surface area (Å²) in [6.07, 6.45) is 2.45. The summed E-state index contributed by atoms with van der Waals surface area (Å²) >= 11 is 7.14. The highest BCUT2D eigenvalue weighted by atomic mass is 79.9. The lowest BCUT2D eigenvalue weighted by Gasteiger charge is -2.42. The van der Waals surface area contributed by atoms with Gasteiger partial charge in [-0.2, -0.15) is 0 Å². The van der Waals surface area contributed by atoms with Crippen molar-refractivity contribution in [2.24, 2.45) is 0 Å². The molecule has 3 aromatic rings. The molecule has 1 aliphatic rings. The predicted molar refractivity (Wildman–Crippen MR) is 132 cm³/mol. The average molecular weight is 513 g/mol. The van der Waals surface area contributed by atoms with Crippen LogP contribution in [0.2, 0.25) is 0 Å². The van der Waals surface area contributed by atoms with E-state index in [1.807, 2.05) is 0 Å². The molecule has 1 aliphatic carbocycles. The third-order valence-corrected chi connectivity index (χ3v) is 7.32. The number of hydrogen-bond donors (Lipinski definition) is 0. The number of benzene rings is 3. The van der Waals surface area contributed by atoms with Crippen molar-refractivity contribution in [3.05, 3.63) is 86.8 Å². The molecule has 29 heavy (non-hydrogen) atoms. The van der Waals surface area contributed by atoms with Gasteiger partial charge in [-0.05, 0) is 95.5 Å². The van der Waals surface area contributed by atoms with Crippen LogP contribution in [0, 0.1) is 0 Å². The molecule has 0 N–H and O–H groups in total. The predicted octanol–water partition coefficient (Wildman–Crippen LogP) is 9.03. The van der Waals surface area contributed by atoms with E-state index in [1.54, 1.807) is 0 Å². The Morgan fingerprint density at radius 1 is 0.586 bits per heavy atom. The maximum atomic E-state index is 3.57. The van der Waals surface area contributed by atoms with Crippen molar-refractivity contribution in [2.75, 3.05) is 4.90 Å². The first-order valence-electron chi connectivity index (χ1n) is 10.1. The van der Waals surface area contributed by atoms with Crippen molar-refractivity contribution < 1.29 is 0 Å². The van der Waals surface area contributed by atoms with Gasteiger partial charge in [0.1, 0.15) is 0 Å². The fourth-order valence-electron chi connectivity index (χ4n) is 4.34. The lowest BCUT2D eigenvalue weighted by atomic mass is 9.63. The molecule has 0 fully saturated rings. The van der Waals surface area contributed by atoms with Gasteiger partial charge in [-0.25, -0.2) is 0 Å². The fourth-order valence-corrected chi connectivity index (χ4v) is 4.87. The Kier molecular flexibility index (Phi) is 5.41. The van der Waals surface area contributed by atoms with Crippen LogP contribution in [0.5, 0.6) is 0 Å². The lowest BCUT2D eigenvalue weighted by molar-refractivity contribution is 0.332. The summed E-state index contributed by atoms with van der Waals surface area (Å²) in [6.45, 7) is 9.52. The Morgan fingerprint density at radius 2 is 1.00 bits per heavy atom. The van der Waals surface area contributed by atoms with Crippen LogP contribution < -0.4 is 4.90 Å². The van der Waals surface area contributed by atoms with Gasteiger partial charge in [0.25, 0.3) is 0 Å². The van der Waals surface area contributed by atoms with Crippen LogP contribution in [0.4, 0.5) is 17.1 Å². The van der Waals surface area contributed by atoms with Crippen LogP contribution in [0.25, 0.3) is 0 Å². The van der Waals surface area contributed by atoms with Crippen molar-refractivity contribution in [3.8, 4) is 0 Å². The van der Waals surface area contributed by atoms with Crippen LogP contribution in [0.1, 0.15) is 51.7 Å². The average Bonchev–Trinajstić information content (AvgIpc) is 2.69. The zero-order valence-electron chi connectivity index (χ0n) is 17.5. The number of halogens is 2. The summed E-state index contributed by atoms with van der Waals surface area (Å²) in [4.78, 5) is 2.34. The molecule has 0 spiro atoms. The summed E-state index contributed by atoms with van der Waals surface area (Å²) in [6, 6.07) is 24.1. The molecular weight excluding hydrogens is 486 g/mol. The van der Waals surface area contributed by atoms with E-state index in [0.29, 0.717) is 0 Å². The van der Waals surface area contributed by atoms with Crippen LogP contribution >= 0.6 is 31.9 Å². The topological polar surface area (TPSA) is 3.24 Å². The van der Waals surface area contributed by atoms with E-state index >= 15 is 0 Å². The quantitative estimate of drug-likeness (QED) is 0.338. The summed E-state index contributed by atoms with van der Waals surface area (Å²) in [5.41, 5.74) is 6.90. The van der Waals surface area contributed by atoms with Gasteiger partial charge in [0.15, 0.2) is 0 Å². The zero-order chi connectivity index (χ0) is 20.8. The molecule has 0 saturated carbocycles. The molecule has 0 atom stereocenters. The maximum Gasteiger partial charge on any atom is 0.0464 e. The van der Waals surface area contributed by atoms with Crippen molar-refractivity contribution in [3.63, 3.8) is 0 Å². The molecule has 0 aliphatic heterocycles. The van der Waals surface area contributed by atoms with Crippen molar-refractivity contribution in [2.45, 2.75) is 51.4 Å². The molecule has 3 heteroatoms. The molecule has 0 amide bonds. The molecule has 0 bridgehead atoms. The van der Waals surface area contributed by atoms with Gasteiger partial charge in [-0.1, -0.05) is 65.6 Å². The molecule has 0 saturated heterocycles. The van der Waals surface area contributed by atoms with Crippen LogP contribution in [0.15, 0.2) is 75.7 Å². The zero-order valence-corrected chi connectivity index (χ0v) is 20.6. The fraction of sp³-hybridized carbons (Fsp3) is 0.308. The number of anilines is 3. The second kappa shape index (κ2) is 7.59. The minimum Gasteiger partial charge on any atom is -0.310 e. The van der Waals surface area contributed by atoms with E-state index in [0.717, 1.165) is 20.3 Å². The van der Waals surface area contributed by atoms with E-state index in [2.05, 4.69) is 131 Å². The summed E-state index contributed by atoms with van der Waals surface area (Å²) in [5.74, 6) is 0. The molecule has 0 heterocycles. The number of nitrogens with zero attached hydrogens (tertiary/aromatic N) is 1. The van der Waals surface area contributed by atoms with Crippen molar-refractivity contribution in [1.29, 1.82) is 0 Å². The van der Waals surface area contributed by atoms with Gasteiger partial charge >= 0.3 is 0 Å². The first-order chi connectivity index (χ1) is 13.7. The van der Waals surface area contributed by atoms with Gasteiger partial charge in [0.05, 0.1) is 0 Å². The number of rotatable bonds is 3. The third-order valence-electron chi connectivity index (χ3n) is 6.26. The van der Waals surface area contributed by atoms with Gasteiger partial charge < -0.3 is 4.90 Å². The van der Waals surface area contributed by atoms with E-state index in [1.165, 1.54) is 29.7 Å². The summed E-state index contributed by atoms with van der Waals surface area (Å²) in [7, 11) is 0. The molecule has 150 valence electrons. The van der Waals surface area contributed by atoms with Gasteiger partial charge in [0, 0.05) is 26.0 Å². The standard InChI is InChI=1S/C26H27Br2N/c1-25(2)15-16-26(3,4)24-17-22(13-14-23(24)25)29(20-9-5-18(27)6-10-20)21-11-7-19(28)8-12-21/h5-14,17H,15-16H2,1-4H3. The molecule has 4 rings (SSSR count). The smallest absolute Gasteiger partial charge is 0.0464 e. The van der Waals surface area contributed by atoms with Gasteiger partial charge in [0.2, 0.25) is 0 Å². The minimum atomic E-state index is 0.186. The molecule has 0 aromatic heterocycles. The third kappa shape index (κ3) is 4.04. The normalized spacial score (nSPS) is 16.9. The van der Waals surface area contributed by atoms with Crippen LogP contribution in [-0.2, 0) is 10.8 Å².